The molecule has 144 valence electrons. The fourth-order valence-electron chi connectivity index (χ4n) is 3.88. The molecule has 0 aromatic carbocycles. The summed E-state index contributed by atoms with van der Waals surface area (Å²) < 4.78 is 1.37. The van der Waals surface area contributed by atoms with Gasteiger partial charge < -0.3 is 4.48 Å². The second-order valence-electron chi connectivity index (χ2n) is 8.58. The van der Waals surface area contributed by atoms with Gasteiger partial charge in [-0.15, -0.1) is 0 Å². The molecule has 0 aliphatic carbocycles. The predicted octanol–water partition coefficient (Wildman–Crippen LogP) is 6.18. The van der Waals surface area contributed by atoms with E-state index < -0.39 is 0 Å². The van der Waals surface area contributed by atoms with E-state index in [9.17, 15) is 0 Å². The van der Waals surface area contributed by atoms with Gasteiger partial charge in [0, 0.05) is 0 Å². The van der Waals surface area contributed by atoms with E-state index >= 15 is 0 Å². The van der Waals surface area contributed by atoms with Crippen LogP contribution in [0.2, 0.25) is 0 Å². The molecule has 24 heavy (non-hydrogen) atoms. The van der Waals surface area contributed by atoms with Crippen LogP contribution in [0.15, 0.2) is 0 Å². The van der Waals surface area contributed by atoms with Gasteiger partial charge in [0.25, 0.3) is 0 Å². The SMILES string of the molecule is CCCCCCCCCCCCCCCC[N+]1(C)CC[S+](C)CC1. The van der Waals surface area contributed by atoms with Gasteiger partial charge in [-0.3, -0.25) is 0 Å². The maximum atomic E-state index is 2.50. The summed E-state index contributed by atoms with van der Waals surface area (Å²) in [5, 5.41) is 0. The van der Waals surface area contributed by atoms with Crippen molar-refractivity contribution in [1.82, 2.24) is 0 Å². The third kappa shape index (κ3) is 11.8. The molecule has 2 heteroatoms. The standard InChI is InChI=1S/C22H47NS/c1-4-5-6-7-8-9-10-11-12-13-14-15-16-17-18-23(2)19-21-24(3)22-20-23/h4-22H2,1-3H3/q+2. The molecule has 0 atom stereocenters. The zero-order valence-corrected chi connectivity index (χ0v) is 18.1. The molecule has 0 unspecified atom stereocenters. The molecule has 1 fully saturated rings. The molecule has 1 saturated heterocycles. The van der Waals surface area contributed by atoms with Crippen molar-refractivity contribution >= 4 is 10.9 Å². The van der Waals surface area contributed by atoms with Crippen molar-refractivity contribution in [2.45, 2.75) is 96.8 Å². The molecule has 0 amide bonds. The molecular weight excluding hydrogens is 310 g/mol. The van der Waals surface area contributed by atoms with E-state index in [0.717, 1.165) is 10.9 Å². The minimum Gasteiger partial charge on any atom is -0.318 e. The first-order valence-electron chi connectivity index (χ1n) is 11.1. The maximum Gasteiger partial charge on any atom is 0.156 e. The Bertz CT molecular complexity index is 271. The molecule has 0 aromatic rings. The highest BCUT2D eigenvalue weighted by molar-refractivity contribution is 7.96. The van der Waals surface area contributed by atoms with Gasteiger partial charge in [0.1, 0.15) is 13.1 Å². The molecule has 1 aliphatic heterocycles. The molecule has 1 aliphatic rings. The van der Waals surface area contributed by atoms with Gasteiger partial charge in [-0.2, -0.15) is 0 Å². The van der Waals surface area contributed by atoms with E-state index in [0.29, 0.717) is 0 Å². The highest BCUT2D eigenvalue weighted by atomic mass is 32.2. The Balaban J connectivity index is 1.78. The first-order chi connectivity index (χ1) is 11.7. The van der Waals surface area contributed by atoms with Gasteiger partial charge in [0.2, 0.25) is 0 Å². The predicted molar refractivity (Wildman–Crippen MR) is 114 cm³/mol. The first kappa shape index (κ1) is 22.4. The van der Waals surface area contributed by atoms with Crippen LogP contribution in [-0.2, 0) is 10.9 Å². The molecule has 0 bridgehead atoms. The topological polar surface area (TPSA) is 0 Å². The molecule has 0 N–H and O–H groups in total. The normalized spacial score (nSPS) is 24.4. The summed E-state index contributed by atoms with van der Waals surface area (Å²) in [6.07, 6.45) is 23.0. The van der Waals surface area contributed by atoms with Gasteiger partial charge in [0.05, 0.1) is 19.8 Å². The lowest BCUT2D eigenvalue weighted by Gasteiger charge is -2.36. The first-order valence-corrected chi connectivity index (χ1v) is 13.1. The van der Waals surface area contributed by atoms with Crippen LogP contribution in [0.1, 0.15) is 96.8 Å². The van der Waals surface area contributed by atoms with Gasteiger partial charge in [-0.05, 0) is 23.7 Å². The van der Waals surface area contributed by atoms with Crippen LogP contribution in [0.3, 0.4) is 0 Å². The second kappa shape index (κ2) is 14.5. The van der Waals surface area contributed by atoms with Crippen LogP contribution in [0, 0.1) is 0 Å². The number of unbranched alkanes of at least 4 members (excludes halogenated alkanes) is 13. The van der Waals surface area contributed by atoms with Gasteiger partial charge >= 0.3 is 0 Å². The van der Waals surface area contributed by atoms with Crippen LogP contribution in [-0.4, -0.2) is 48.9 Å². The summed E-state index contributed by atoms with van der Waals surface area (Å²) in [5.74, 6) is 2.96. The highest BCUT2D eigenvalue weighted by Crippen LogP contribution is 2.16. The molecule has 0 radical (unpaired) electrons. The average Bonchev–Trinajstić information content (AvgIpc) is 2.58. The summed E-state index contributed by atoms with van der Waals surface area (Å²) in [4.78, 5) is 0. The number of nitrogens with zero attached hydrogens (tertiary/aromatic N) is 1. The lowest BCUT2D eigenvalue weighted by molar-refractivity contribution is -0.906. The Hall–Kier alpha value is 0.310. The number of rotatable bonds is 15. The molecule has 0 saturated carbocycles. The molecular formula is C22H47NS+2. The largest absolute Gasteiger partial charge is 0.318 e. The molecule has 0 aromatic heterocycles. The summed E-state index contributed by atoms with van der Waals surface area (Å²) in [6.45, 7) is 6.63. The summed E-state index contributed by atoms with van der Waals surface area (Å²) in [7, 11) is 3.23. The minimum atomic E-state index is 0.730. The fraction of sp³-hybridized carbons (Fsp3) is 1.00. The Kier molecular flexibility index (Phi) is 13.5. The summed E-state index contributed by atoms with van der Waals surface area (Å²) in [5.41, 5.74) is 0. The number of quaternary nitrogens is 1. The van der Waals surface area contributed by atoms with E-state index in [4.69, 9.17) is 0 Å². The van der Waals surface area contributed by atoms with Crippen LogP contribution in [0.25, 0.3) is 0 Å². The molecule has 1 rings (SSSR count). The highest BCUT2D eigenvalue weighted by Gasteiger charge is 2.32. The Morgan fingerprint density at radius 1 is 0.625 bits per heavy atom. The van der Waals surface area contributed by atoms with Crippen LogP contribution in [0.5, 0.6) is 0 Å². The van der Waals surface area contributed by atoms with Crippen molar-refractivity contribution < 1.29 is 4.48 Å². The number of hydrogen-bond donors (Lipinski definition) is 0. The quantitative estimate of drug-likeness (QED) is 0.187. The van der Waals surface area contributed by atoms with Crippen molar-refractivity contribution in [2.24, 2.45) is 0 Å². The lowest BCUT2D eigenvalue weighted by atomic mass is 10.0. The average molecular weight is 358 g/mol. The Labute approximate surface area is 156 Å². The van der Waals surface area contributed by atoms with Gasteiger partial charge in [-0.25, -0.2) is 0 Å². The lowest BCUT2D eigenvalue weighted by Crippen LogP contribution is -2.54. The molecule has 1 nitrogen and oxygen atoms in total. The van der Waals surface area contributed by atoms with Crippen LogP contribution in [0.4, 0.5) is 0 Å². The van der Waals surface area contributed by atoms with E-state index in [1.54, 1.807) is 0 Å². The zero-order chi connectivity index (χ0) is 17.5. The Morgan fingerprint density at radius 3 is 1.42 bits per heavy atom. The van der Waals surface area contributed by atoms with E-state index in [2.05, 4.69) is 20.2 Å². The molecule has 0 spiro atoms. The molecule has 1 heterocycles. The summed E-state index contributed by atoms with van der Waals surface area (Å²) >= 11 is 0. The maximum absolute atomic E-state index is 2.50. The minimum absolute atomic E-state index is 0.730. The Morgan fingerprint density at radius 2 is 1.00 bits per heavy atom. The van der Waals surface area contributed by atoms with E-state index in [1.807, 2.05) is 0 Å². The van der Waals surface area contributed by atoms with E-state index in [-0.39, 0.29) is 0 Å². The van der Waals surface area contributed by atoms with Crippen molar-refractivity contribution in [1.29, 1.82) is 0 Å². The fourth-order valence-corrected chi connectivity index (χ4v) is 5.59. The van der Waals surface area contributed by atoms with Crippen molar-refractivity contribution in [2.75, 3.05) is 44.4 Å². The third-order valence-corrected chi connectivity index (χ3v) is 7.77. The van der Waals surface area contributed by atoms with Crippen molar-refractivity contribution in [3.63, 3.8) is 0 Å². The van der Waals surface area contributed by atoms with Crippen molar-refractivity contribution in [3.8, 4) is 0 Å². The van der Waals surface area contributed by atoms with Gasteiger partial charge in [-0.1, -0.05) is 84.0 Å². The smallest absolute Gasteiger partial charge is 0.156 e. The van der Waals surface area contributed by atoms with Crippen LogP contribution >= 0.6 is 0 Å². The van der Waals surface area contributed by atoms with E-state index in [1.165, 1.54) is 126 Å². The zero-order valence-electron chi connectivity index (χ0n) is 17.3. The summed E-state index contributed by atoms with van der Waals surface area (Å²) in [6, 6.07) is 0. The van der Waals surface area contributed by atoms with Gasteiger partial charge in [0.15, 0.2) is 11.5 Å². The van der Waals surface area contributed by atoms with Crippen LogP contribution < -0.4 is 0 Å². The second-order valence-corrected chi connectivity index (χ2v) is 11.0. The van der Waals surface area contributed by atoms with Crippen molar-refractivity contribution in [3.05, 3.63) is 0 Å². The monoisotopic (exact) mass is 357 g/mol. The number of hydrogen-bond acceptors (Lipinski definition) is 0. The third-order valence-electron chi connectivity index (χ3n) is 6.01.